The van der Waals surface area contributed by atoms with Gasteiger partial charge in [-0.3, -0.25) is 9.78 Å². The number of benzene rings is 1. The van der Waals surface area contributed by atoms with E-state index < -0.39 is 0 Å². The van der Waals surface area contributed by atoms with Crippen LogP contribution in [0.3, 0.4) is 0 Å². The van der Waals surface area contributed by atoms with Gasteiger partial charge in [0.1, 0.15) is 0 Å². The molecule has 5 heteroatoms. The topological polar surface area (TPSA) is 74.2 Å². The number of aromatic nitrogens is 1. The minimum atomic E-state index is -0.356. The van der Waals surface area contributed by atoms with Gasteiger partial charge in [-0.1, -0.05) is 25.1 Å². The molecule has 0 aliphatic rings. The summed E-state index contributed by atoms with van der Waals surface area (Å²) in [6, 6.07) is 11.3. The molecular formula is C19H25N3O2. The predicted octanol–water partition coefficient (Wildman–Crippen LogP) is 2.83. The molecule has 24 heavy (non-hydrogen) atoms. The Morgan fingerprint density at radius 2 is 2.00 bits per heavy atom. The Morgan fingerprint density at radius 1 is 1.21 bits per heavy atom. The van der Waals surface area contributed by atoms with Crippen molar-refractivity contribution in [2.24, 2.45) is 5.92 Å². The summed E-state index contributed by atoms with van der Waals surface area (Å²) >= 11 is 0. The summed E-state index contributed by atoms with van der Waals surface area (Å²) < 4.78 is 0. The Morgan fingerprint density at radius 3 is 2.71 bits per heavy atom. The van der Waals surface area contributed by atoms with E-state index in [9.17, 15) is 9.90 Å². The van der Waals surface area contributed by atoms with Crippen LogP contribution in [0.4, 0.5) is 5.69 Å². The number of carbonyl (C=O) groups excluding carboxylic acids is 1. The molecule has 0 saturated heterocycles. The molecule has 0 bridgehead atoms. The van der Waals surface area contributed by atoms with Gasteiger partial charge in [0.05, 0.1) is 11.7 Å². The van der Waals surface area contributed by atoms with Crippen LogP contribution in [0.25, 0.3) is 0 Å². The lowest BCUT2D eigenvalue weighted by Gasteiger charge is -2.16. The van der Waals surface area contributed by atoms with E-state index in [1.807, 2.05) is 37.3 Å². The normalized spacial score (nSPS) is 13.1. The van der Waals surface area contributed by atoms with E-state index >= 15 is 0 Å². The standard InChI is InChI=1S/C19H25N3O2/c1-14(10-15(2)23)11-22-19(24)17-7-3-4-8-18(17)21-13-16-6-5-9-20-12-16/h3-9,12,14-15,21,23H,10-11,13H2,1-2H3,(H,22,24). The minimum Gasteiger partial charge on any atom is -0.393 e. The van der Waals surface area contributed by atoms with Gasteiger partial charge in [-0.2, -0.15) is 0 Å². The molecule has 3 N–H and O–H groups in total. The van der Waals surface area contributed by atoms with E-state index in [-0.39, 0.29) is 17.9 Å². The van der Waals surface area contributed by atoms with Crippen molar-refractivity contribution < 1.29 is 9.90 Å². The maximum atomic E-state index is 12.4. The van der Waals surface area contributed by atoms with Crippen molar-refractivity contribution in [2.45, 2.75) is 32.9 Å². The van der Waals surface area contributed by atoms with Crippen LogP contribution < -0.4 is 10.6 Å². The highest BCUT2D eigenvalue weighted by molar-refractivity contribution is 5.99. The zero-order valence-electron chi connectivity index (χ0n) is 14.2. The fourth-order valence-corrected chi connectivity index (χ4v) is 2.56. The van der Waals surface area contributed by atoms with E-state index in [0.717, 1.165) is 11.3 Å². The second-order valence-corrected chi connectivity index (χ2v) is 6.16. The number of amides is 1. The fourth-order valence-electron chi connectivity index (χ4n) is 2.56. The maximum Gasteiger partial charge on any atom is 0.253 e. The summed E-state index contributed by atoms with van der Waals surface area (Å²) in [5, 5.41) is 15.6. The Balaban J connectivity index is 1.96. The van der Waals surface area contributed by atoms with Gasteiger partial charge < -0.3 is 15.7 Å². The van der Waals surface area contributed by atoms with Crippen molar-refractivity contribution in [3.05, 3.63) is 59.9 Å². The zero-order chi connectivity index (χ0) is 17.4. The van der Waals surface area contributed by atoms with Gasteiger partial charge in [-0.05, 0) is 43.0 Å². The summed E-state index contributed by atoms with van der Waals surface area (Å²) in [4.78, 5) is 16.5. The first kappa shape index (κ1) is 17.9. The highest BCUT2D eigenvalue weighted by Gasteiger charge is 2.13. The Hall–Kier alpha value is -2.40. The Bertz CT molecular complexity index is 644. The molecule has 1 aromatic carbocycles. The summed E-state index contributed by atoms with van der Waals surface area (Å²) in [6.07, 6.45) is 3.85. The maximum absolute atomic E-state index is 12.4. The van der Waals surface area contributed by atoms with Crippen molar-refractivity contribution in [3.8, 4) is 0 Å². The van der Waals surface area contributed by atoms with Crippen molar-refractivity contribution in [1.29, 1.82) is 0 Å². The molecule has 0 fully saturated rings. The number of aliphatic hydroxyl groups excluding tert-OH is 1. The summed E-state index contributed by atoms with van der Waals surface area (Å²) in [5.41, 5.74) is 2.46. The van der Waals surface area contributed by atoms with E-state index in [0.29, 0.717) is 25.1 Å². The van der Waals surface area contributed by atoms with Gasteiger partial charge in [0.2, 0.25) is 0 Å². The minimum absolute atomic E-state index is 0.110. The molecule has 0 aliphatic carbocycles. The number of carbonyl (C=O) groups is 1. The largest absolute Gasteiger partial charge is 0.393 e. The van der Waals surface area contributed by atoms with Crippen molar-refractivity contribution in [1.82, 2.24) is 10.3 Å². The smallest absolute Gasteiger partial charge is 0.253 e. The monoisotopic (exact) mass is 327 g/mol. The van der Waals surface area contributed by atoms with Crippen LogP contribution in [-0.2, 0) is 6.54 Å². The van der Waals surface area contributed by atoms with Crippen LogP contribution in [0.2, 0.25) is 0 Å². The number of rotatable bonds is 8. The van der Waals surface area contributed by atoms with E-state index in [1.165, 1.54) is 0 Å². The van der Waals surface area contributed by atoms with Crippen LogP contribution in [0.15, 0.2) is 48.8 Å². The third kappa shape index (κ3) is 5.66. The number of nitrogens with one attached hydrogen (secondary N) is 2. The Kier molecular flexibility index (Phi) is 6.75. The average molecular weight is 327 g/mol. The van der Waals surface area contributed by atoms with Gasteiger partial charge in [0.25, 0.3) is 5.91 Å². The molecule has 1 heterocycles. The van der Waals surface area contributed by atoms with Crippen LogP contribution in [-0.4, -0.2) is 28.6 Å². The zero-order valence-corrected chi connectivity index (χ0v) is 14.2. The van der Waals surface area contributed by atoms with Crippen molar-refractivity contribution in [2.75, 3.05) is 11.9 Å². The molecule has 5 nitrogen and oxygen atoms in total. The first-order valence-electron chi connectivity index (χ1n) is 8.24. The van der Waals surface area contributed by atoms with Gasteiger partial charge in [0, 0.05) is 31.2 Å². The number of hydrogen-bond acceptors (Lipinski definition) is 4. The third-order valence-electron chi connectivity index (χ3n) is 3.73. The second-order valence-electron chi connectivity index (χ2n) is 6.16. The number of nitrogens with zero attached hydrogens (tertiary/aromatic N) is 1. The lowest BCUT2D eigenvalue weighted by atomic mass is 10.0. The molecule has 128 valence electrons. The summed E-state index contributed by atoms with van der Waals surface area (Å²) in [5.74, 6) is 0.117. The molecule has 0 aliphatic heterocycles. The second kappa shape index (κ2) is 9.03. The lowest BCUT2D eigenvalue weighted by molar-refractivity contribution is 0.0940. The predicted molar refractivity (Wildman–Crippen MR) is 95.8 cm³/mol. The quantitative estimate of drug-likeness (QED) is 0.697. The molecule has 0 radical (unpaired) electrons. The molecular weight excluding hydrogens is 302 g/mol. The third-order valence-corrected chi connectivity index (χ3v) is 3.73. The number of anilines is 1. The van der Waals surface area contributed by atoms with E-state index in [1.54, 1.807) is 25.4 Å². The number of aliphatic hydroxyl groups is 1. The first-order chi connectivity index (χ1) is 11.6. The number of hydrogen-bond donors (Lipinski definition) is 3. The van der Waals surface area contributed by atoms with E-state index in [2.05, 4.69) is 15.6 Å². The van der Waals surface area contributed by atoms with E-state index in [4.69, 9.17) is 0 Å². The summed E-state index contributed by atoms with van der Waals surface area (Å²) in [7, 11) is 0. The molecule has 2 rings (SSSR count). The van der Waals surface area contributed by atoms with Crippen LogP contribution >= 0.6 is 0 Å². The van der Waals surface area contributed by atoms with Gasteiger partial charge in [-0.25, -0.2) is 0 Å². The molecule has 1 amide bonds. The van der Waals surface area contributed by atoms with Gasteiger partial charge in [-0.15, -0.1) is 0 Å². The molecule has 1 aromatic heterocycles. The number of para-hydroxylation sites is 1. The Labute approximate surface area is 143 Å². The van der Waals surface area contributed by atoms with Crippen molar-refractivity contribution >= 4 is 11.6 Å². The van der Waals surface area contributed by atoms with Crippen molar-refractivity contribution in [3.63, 3.8) is 0 Å². The summed E-state index contributed by atoms with van der Waals surface area (Å²) in [6.45, 7) is 4.92. The highest BCUT2D eigenvalue weighted by Crippen LogP contribution is 2.16. The average Bonchev–Trinajstić information content (AvgIpc) is 2.58. The first-order valence-corrected chi connectivity index (χ1v) is 8.24. The highest BCUT2D eigenvalue weighted by atomic mass is 16.3. The SMILES string of the molecule is CC(O)CC(C)CNC(=O)c1ccccc1NCc1cccnc1. The van der Waals surface area contributed by atoms with Crippen LogP contribution in [0, 0.1) is 5.92 Å². The molecule has 2 aromatic rings. The fraction of sp³-hybridized carbons (Fsp3) is 0.368. The number of pyridine rings is 1. The van der Waals surface area contributed by atoms with Gasteiger partial charge in [0.15, 0.2) is 0 Å². The lowest BCUT2D eigenvalue weighted by Crippen LogP contribution is -2.30. The molecule has 0 saturated carbocycles. The molecule has 2 unspecified atom stereocenters. The van der Waals surface area contributed by atoms with Crippen LogP contribution in [0.5, 0.6) is 0 Å². The molecule has 2 atom stereocenters. The van der Waals surface area contributed by atoms with Gasteiger partial charge >= 0.3 is 0 Å². The van der Waals surface area contributed by atoms with Crippen LogP contribution in [0.1, 0.15) is 36.2 Å². The molecule has 0 spiro atoms.